The maximum atomic E-state index is 11.9. The largest absolute Gasteiger partial charge is 0.378 e. The third-order valence-electron chi connectivity index (χ3n) is 5.64. The number of carbonyl (C=O) groups is 2. The van der Waals surface area contributed by atoms with Gasteiger partial charge in [0, 0.05) is 64.3 Å². The standard InChI is InChI=1S/C20H28N4O3/c1-16-2-3-18(22-10-12-27-13-11-22)17(14-16)15-21-6-8-23(9-7-21)24-19(25)4-5-20(24)26/h2-3,14H,4-13,15H2,1H3. The number of imide groups is 1. The van der Waals surface area contributed by atoms with Gasteiger partial charge in [0.05, 0.1) is 13.2 Å². The third-order valence-corrected chi connectivity index (χ3v) is 5.64. The van der Waals surface area contributed by atoms with Crippen LogP contribution in [0.3, 0.4) is 0 Å². The zero-order valence-electron chi connectivity index (χ0n) is 16.0. The predicted molar refractivity (Wildman–Crippen MR) is 102 cm³/mol. The highest BCUT2D eigenvalue weighted by molar-refractivity contribution is 6.01. The van der Waals surface area contributed by atoms with Crippen LogP contribution in [0.15, 0.2) is 18.2 Å². The van der Waals surface area contributed by atoms with E-state index in [0.717, 1.165) is 59.0 Å². The molecule has 0 spiro atoms. The molecular formula is C20H28N4O3. The molecule has 2 amide bonds. The minimum atomic E-state index is -0.0539. The Morgan fingerprint density at radius 1 is 0.926 bits per heavy atom. The number of amides is 2. The van der Waals surface area contributed by atoms with E-state index in [1.165, 1.54) is 21.8 Å². The number of benzene rings is 1. The summed E-state index contributed by atoms with van der Waals surface area (Å²) in [5.74, 6) is -0.108. The smallest absolute Gasteiger partial charge is 0.244 e. The second-order valence-electron chi connectivity index (χ2n) is 7.56. The summed E-state index contributed by atoms with van der Waals surface area (Å²) < 4.78 is 5.50. The summed E-state index contributed by atoms with van der Waals surface area (Å²) in [6.07, 6.45) is 0.705. The molecule has 3 aliphatic heterocycles. The van der Waals surface area contributed by atoms with Crippen LogP contribution in [0.1, 0.15) is 24.0 Å². The van der Waals surface area contributed by atoms with Crippen LogP contribution in [0.25, 0.3) is 0 Å². The second-order valence-corrected chi connectivity index (χ2v) is 7.56. The maximum absolute atomic E-state index is 11.9. The number of piperazine rings is 1. The number of anilines is 1. The number of nitrogens with zero attached hydrogens (tertiary/aromatic N) is 4. The van der Waals surface area contributed by atoms with Gasteiger partial charge in [-0.25, -0.2) is 10.0 Å². The molecule has 0 unspecified atom stereocenters. The fourth-order valence-corrected chi connectivity index (χ4v) is 4.17. The van der Waals surface area contributed by atoms with Crippen molar-refractivity contribution in [2.24, 2.45) is 0 Å². The fraction of sp³-hybridized carbons (Fsp3) is 0.600. The Labute approximate surface area is 160 Å². The Bertz CT molecular complexity index is 693. The van der Waals surface area contributed by atoms with Gasteiger partial charge in [0.25, 0.3) is 0 Å². The van der Waals surface area contributed by atoms with Crippen LogP contribution in [0, 0.1) is 6.92 Å². The van der Waals surface area contributed by atoms with Crippen molar-refractivity contribution in [3.05, 3.63) is 29.3 Å². The van der Waals surface area contributed by atoms with Crippen LogP contribution in [0.2, 0.25) is 0 Å². The molecule has 27 heavy (non-hydrogen) atoms. The molecule has 0 N–H and O–H groups in total. The maximum Gasteiger partial charge on any atom is 0.244 e. The molecule has 0 aromatic heterocycles. The van der Waals surface area contributed by atoms with Crippen molar-refractivity contribution >= 4 is 17.5 Å². The van der Waals surface area contributed by atoms with E-state index in [-0.39, 0.29) is 11.8 Å². The highest BCUT2D eigenvalue weighted by atomic mass is 16.5. The van der Waals surface area contributed by atoms with Crippen molar-refractivity contribution in [3.8, 4) is 0 Å². The summed E-state index contributed by atoms with van der Waals surface area (Å²) >= 11 is 0. The molecule has 3 heterocycles. The van der Waals surface area contributed by atoms with Gasteiger partial charge in [0.15, 0.2) is 0 Å². The lowest BCUT2D eigenvalue weighted by atomic mass is 10.1. The van der Waals surface area contributed by atoms with E-state index >= 15 is 0 Å². The van der Waals surface area contributed by atoms with Crippen LogP contribution in [-0.4, -0.2) is 79.2 Å². The van der Waals surface area contributed by atoms with Crippen LogP contribution in [0.4, 0.5) is 5.69 Å². The number of carbonyl (C=O) groups excluding carboxylic acids is 2. The number of morpholine rings is 1. The summed E-state index contributed by atoms with van der Waals surface area (Å²) in [5.41, 5.74) is 3.92. The Kier molecular flexibility index (Phi) is 5.43. The summed E-state index contributed by atoms with van der Waals surface area (Å²) in [4.78, 5) is 28.7. The number of hydrazine groups is 1. The monoisotopic (exact) mass is 372 g/mol. The Balaban J connectivity index is 1.41. The van der Waals surface area contributed by atoms with Gasteiger partial charge in [-0.05, 0) is 18.6 Å². The van der Waals surface area contributed by atoms with Crippen LogP contribution in [0.5, 0.6) is 0 Å². The van der Waals surface area contributed by atoms with Crippen molar-refractivity contribution in [1.82, 2.24) is 14.9 Å². The van der Waals surface area contributed by atoms with Gasteiger partial charge < -0.3 is 9.64 Å². The lowest BCUT2D eigenvalue weighted by Gasteiger charge is -2.39. The van der Waals surface area contributed by atoms with E-state index in [4.69, 9.17) is 4.74 Å². The lowest BCUT2D eigenvalue weighted by molar-refractivity contribution is -0.160. The van der Waals surface area contributed by atoms with Gasteiger partial charge in [-0.15, -0.1) is 0 Å². The zero-order chi connectivity index (χ0) is 18.8. The molecule has 1 aromatic carbocycles. The van der Waals surface area contributed by atoms with Gasteiger partial charge in [0.2, 0.25) is 11.8 Å². The van der Waals surface area contributed by atoms with Gasteiger partial charge in [-0.2, -0.15) is 0 Å². The quantitative estimate of drug-likeness (QED) is 0.736. The molecular weight excluding hydrogens is 344 g/mol. The summed E-state index contributed by atoms with van der Waals surface area (Å²) in [7, 11) is 0. The molecule has 0 saturated carbocycles. The molecule has 1 aromatic rings. The first-order chi connectivity index (χ1) is 13.1. The SMILES string of the molecule is Cc1ccc(N2CCOCC2)c(CN2CCN(N3C(=O)CCC3=O)CC2)c1. The average Bonchev–Trinajstić information content (AvgIpc) is 3.02. The van der Waals surface area contributed by atoms with Crippen LogP contribution in [-0.2, 0) is 20.9 Å². The van der Waals surface area contributed by atoms with E-state index in [0.29, 0.717) is 12.8 Å². The fourth-order valence-electron chi connectivity index (χ4n) is 4.17. The van der Waals surface area contributed by atoms with Crippen molar-refractivity contribution < 1.29 is 14.3 Å². The molecule has 0 aliphatic carbocycles. The second kappa shape index (κ2) is 7.96. The Morgan fingerprint density at radius 3 is 2.26 bits per heavy atom. The first kappa shape index (κ1) is 18.4. The van der Waals surface area contributed by atoms with Crippen molar-refractivity contribution in [2.75, 3.05) is 57.4 Å². The molecule has 4 rings (SSSR count). The number of rotatable bonds is 4. The van der Waals surface area contributed by atoms with Crippen molar-refractivity contribution in [3.63, 3.8) is 0 Å². The lowest BCUT2D eigenvalue weighted by Crippen LogP contribution is -2.55. The number of aryl methyl sites for hydroxylation is 1. The van der Waals surface area contributed by atoms with E-state index in [1.54, 1.807) is 0 Å². The summed E-state index contributed by atoms with van der Waals surface area (Å²) in [6, 6.07) is 6.69. The molecule has 3 saturated heterocycles. The molecule has 0 bridgehead atoms. The Hall–Kier alpha value is -1.96. The zero-order valence-corrected chi connectivity index (χ0v) is 16.0. The number of ether oxygens (including phenoxy) is 1. The van der Waals surface area contributed by atoms with Gasteiger partial charge in [-0.1, -0.05) is 17.7 Å². The van der Waals surface area contributed by atoms with E-state index in [9.17, 15) is 9.59 Å². The van der Waals surface area contributed by atoms with Crippen LogP contribution < -0.4 is 4.90 Å². The topological polar surface area (TPSA) is 56.3 Å². The first-order valence-corrected chi connectivity index (χ1v) is 9.87. The molecule has 7 nitrogen and oxygen atoms in total. The molecule has 0 atom stereocenters. The highest BCUT2D eigenvalue weighted by Gasteiger charge is 2.35. The van der Waals surface area contributed by atoms with E-state index in [2.05, 4.69) is 34.9 Å². The summed E-state index contributed by atoms with van der Waals surface area (Å²) in [6.45, 7) is 9.60. The van der Waals surface area contributed by atoms with Crippen molar-refractivity contribution in [2.45, 2.75) is 26.3 Å². The van der Waals surface area contributed by atoms with Crippen LogP contribution >= 0.6 is 0 Å². The normalized spacial score (nSPS) is 22.7. The highest BCUT2D eigenvalue weighted by Crippen LogP contribution is 2.25. The third kappa shape index (κ3) is 4.00. The minimum Gasteiger partial charge on any atom is -0.378 e. The number of hydrogen-bond acceptors (Lipinski definition) is 6. The van der Waals surface area contributed by atoms with Crippen molar-refractivity contribution in [1.29, 1.82) is 0 Å². The van der Waals surface area contributed by atoms with E-state index in [1.807, 2.05) is 5.01 Å². The Morgan fingerprint density at radius 2 is 1.59 bits per heavy atom. The predicted octanol–water partition coefficient (Wildman–Crippen LogP) is 1.01. The van der Waals surface area contributed by atoms with Gasteiger partial charge in [0.1, 0.15) is 0 Å². The minimum absolute atomic E-state index is 0.0539. The molecule has 3 fully saturated rings. The molecule has 146 valence electrons. The molecule has 0 radical (unpaired) electrons. The molecule has 7 heteroatoms. The van der Waals surface area contributed by atoms with Gasteiger partial charge >= 0.3 is 0 Å². The number of hydrogen-bond donors (Lipinski definition) is 0. The molecule has 3 aliphatic rings. The van der Waals surface area contributed by atoms with Gasteiger partial charge in [-0.3, -0.25) is 14.5 Å². The van der Waals surface area contributed by atoms with E-state index < -0.39 is 0 Å². The average molecular weight is 372 g/mol. The summed E-state index contributed by atoms with van der Waals surface area (Å²) in [5, 5.41) is 3.30. The first-order valence-electron chi connectivity index (χ1n) is 9.87.